The summed E-state index contributed by atoms with van der Waals surface area (Å²) < 4.78 is 0. The molecule has 16 heavy (non-hydrogen) atoms. The van der Waals surface area contributed by atoms with E-state index in [9.17, 15) is 5.11 Å². The van der Waals surface area contributed by atoms with Crippen LogP contribution in [-0.4, -0.2) is 5.11 Å². The van der Waals surface area contributed by atoms with Gasteiger partial charge < -0.3 is 5.11 Å². The fraction of sp³-hybridized carbons (Fsp3) is 0.692. The molecule has 0 radical (unpaired) electrons. The molecule has 1 aliphatic carbocycles. The summed E-state index contributed by atoms with van der Waals surface area (Å²) in [4.78, 5) is 0.952. The Kier molecular flexibility index (Phi) is 3.93. The Hall–Kier alpha value is -0.0500. The maximum Gasteiger partial charge on any atom is 0.0925 e. The van der Waals surface area contributed by atoms with Gasteiger partial charge in [0.1, 0.15) is 0 Å². The molecule has 2 rings (SSSR count). The topological polar surface area (TPSA) is 20.2 Å². The lowest BCUT2D eigenvalue weighted by molar-refractivity contribution is 0.0577. The lowest BCUT2D eigenvalue weighted by atomic mass is 9.74. The lowest BCUT2D eigenvalue weighted by Gasteiger charge is -2.34. The molecule has 1 saturated carbocycles. The zero-order valence-electron chi connectivity index (χ0n) is 9.82. The normalized spacial score (nSPS) is 32.6. The Balaban J connectivity index is 2.10. The van der Waals surface area contributed by atoms with Crippen molar-refractivity contribution >= 4 is 22.9 Å². The van der Waals surface area contributed by atoms with E-state index in [1.807, 2.05) is 11.4 Å². The van der Waals surface area contributed by atoms with Gasteiger partial charge in [0.15, 0.2) is 0 Å². The molecular weight excluding hydrogens is 240 g/mol. The minimum atomic E-state index is -0.363. The van der Waals surface area contributed by atoms with Gasteiger partial charge in [-0.3, -0.25) is 0 Å². The molecule has 3 atom stereocenters. The second-order valence-corrected chi connectivity index (χ2v) is 6.61. The largest absolute Gasteiger partial charge is 0.387 e. The van der Waals surface area contributed by atoms with E-state index >= 15 is 0 Å². The predicted octanol–water partition coefficient (Wildman–Crippen LogP) is 4.51. The van der Waals surface area contributed by atoms with E-state index in [-0.39, 0.29) is 6.10 Å². The molecule has 90 valence electrons. The monoisotopic (exact) mass is 258 g/mol. The SMILES string of the molecule is CC1CC(C)CC(C(O)c2sccc2Cl)C1. The highest BCUT2D eigenvalue weighted by molar-refractivity contribution is 7.10. The van der Waals surface area contributed by atoms with Gasteiger partial charge in [0.2, 0.25) is 0 Å². The number of halogens is 1. The standard InChI is InChI=1S/C13H19ClOS/c1-8-5-9(2)7-10(6-8)12(15)13-11(14)3-4-16-13/h3-4,8-10,12,15H,5-7H2,1-2H3. The Morgan fingerprint density at radius 1 is 1.31 bits per heavy atom. The van der Waals surface area contributed by atoms with Gasteiger partial charge in [-0.25, -0.2) is 0 Å². The van der Waals surface area contributed by atoms with E-state index in [2.05, 4.69) is 13.8 Å². The highest BCUT2D eigenvalue weighted by atomic mass is 35.5. The van der Waals surface area contributed by atoms with Crippen molar-refractivity contribution in [2.45, 2.75) is 39.2 Å². The first-order valence-electron chi connectivity index (χ1n) is 5.99. The molecule has 0 spiro atoms. The van der Waals surface area contributed by atoms with Gasteiger partial charge in [-0.15, -0.1) is 11.3 Å². The van der Waals surface area contributed by atoms with E-state index in [1.165, 1.54) is 6.42 Å². The Bertz CT molecular complexity index is 339. The summed E-state index contributed by atoms with van der Waals surface area (Å²) in [5.74, 6) is 1.83. The molecule has 0 aromatic carbocycles. The highest BCUT2D eigenvalue weighted by Gasteiger charge is 2.31. The maximum absolute atomic E-state index is 10.4. The van der Waals surface area contributed by atoms with Crippen molar-refractivity contribution in [1.29, 1.82) is 0 Å². The van der Waals surface area contributed by atoms with Crippen LogP contribution in [-0.2, 0) is 0 Å². The van der Waals surface area contributed by atoms with Gasteiger partial charge in [0, 0.05) is 0 Å². The van der Waals surface area contributed by atoms with Crippen molar-refractivity contribution in [3.8, 4) is 0 Å². The molecule has 1 nitrogen and oxygen atoms in total. The molecule has 0 bridgehead atoms. The van der Waals surface area contributed by atoms with E-state index < -0.39 is 0 Å². The first-order chi connectivity index (χ1) is 7.58. The van der Waals surface area contributed by atoms with Crippen LogP contribution in [0.4, 0.5) is 0 Å². The lowest BCUT2D eigenvalue weighted by Crippen LogP contribution is -2.24. The van der Waals surface area contributed by atoms with Crippen molar-refractivity contribution < 1.29 is 5.11 Å². The summed E-state index contributed by atoms with van der Waals surface area (Å²) in [6, 6.07) is 1.88. The third-order valence-corrected chi connectivity index (χ3v) is 5.00. The molecule has 1 N–H and O–H groups in total. The molecule has 1 fully saturated rings. The van der Waals surface area contributed by atoms with Crippen LogP contribution in [0.3, 0.4) is 0 Å². The summed E-state index contributed by atoms with van der Waals surface area (Å²) in [7, 11) is 0. The number of rotatable bonds is 2. The van der Waals surface area contributed by atoms with Crippen LogP contribution in [0.25, 0.3) is 0 Å². The Labute approximate surface area is 106 Å². The summed E-state index contributed by atoms with van der Waals surface area (Å²) in [5.41, 5.74) is 0. The molecule has 1 aliphatic rings. The first kappa shape index (κ1) is 12.4. The van der Waals surface area contributed by atoms with Crippen LogP contribution in [0, 0.1) is 17.8 Å². The van der Waals surface area contributed by atoms with Crippen LogP contribution < -0.4 is 0 Å². The maximum atomic E-state index is 10.4. The second kappa shape index (κ2) is 5.07. The summed E-state index contributed by atoms with van der Waals surface area (Å²) >= 11 is 7.65. The van der Waals surface area contributed by atoms with Gasteiger partial charge in [-0.05, 0) is 48.5 Å². The molecule has 1 aromatic heterocycles. The summed E-state index contributed by atoms with van der Waals surface area (Å²) in [6.07, 6.45) is 3.18. The average molecular weight is 259 g/mol. The van der Waals surface area contributed by atoms with Crippen molar-refractivity contribution in [2.75, 3.05) is 0 Å². The van der Waals surface area contributed by atoms with E-state index in [4.69, 9.17) is 11.6 Å². The fourth-order valence-electron chi connectivity index (χ4n) is 3.00. The van der Waals surface area contributed by atoms with E-state index in [1.54, 1.807) is 11.3 Å². The molecule has 0 saturated heterocycles. The number of aliphatic hydroxyl groups is 1. The molecular formula is C13H19ClOS. The van der Waals surface area contributed by atoms with Crippen LogP contribution >= 0.6 is 22.9 Å². The van der Waals surface area contributed by atoms with Crippen molar-refractivity contribution in [2.24, 2.45) is 17.8 Å². The van der Waals surface area contributed by atoms with Gasteiger partial charge >= 0.3 is 0 Å². The van der Waals surface area contributed by atoms with Crippen molar-refractivity contribution in [3.63, 3.8) is 0 Å². The van der Waals surface area contributed by atoms with Gasteiger partial charge in [0.05, 0.1) is 16.0 Å². The molecule has 3 heteroatoms. The minimum absolute atomic E-state index is 0.363. The molecule has 0 amide bonds. The van der Waals surface area contributed by atoms with Crippen LogP contribution in [0.2, 0.25) is 5.02 Å². The highest BCUT2D eigenvalue weighted by Crippen LogP contribution is 2.42. The predicted molar refractivity (Wildman–Crippen MR) is 70.0 cm³/mol. The first-order valence-corrected chi connectivity index (χ1v) is 7.24. The summed E-state index contributed by atoms with van der Waals surface area (Å²) in [6.45, 7) is 4.57. The number of hydrogen-bond acceptors (Lipinski definition) is 2. The number of thiophene rings is 1. The zero-order chi connectivity index (χ0) is 11.7. The third kappa shape index (κ3) is 2.61. The molecule has 3 unspecified atom stereocenters. The Morgan fingerprint density at radius 2 is 1.94 bits per heavy atom. The Morgan fingerprint density at radius 3 is 2.44 bits per heavy atom. The second-order valence-electron chi connectivity index (χ2n) is 5.26. The summed E-state index contributed by atoms with van der Waals surface area (Å²) in [5, 5.41) is 13.1. The molecule has 0 aliphatic heterocycles. The zero-order valence-corrected chi connectivity index (χ0v) is 11.4. The van der Waals surface area contributed by atoms with E-state index in [0.29, 0.717) is 5.92 Å². The van der Waals surface area contributed by atoms with Crippen molar-refractivity contribution in [1.82, 2.24) is 0 Å². The number of aliphatic hydroxyl groups excluding tert-OH is 1. The fourth-order valence-corrected chi connectivity index (χ4v) is 4.24. The third-order valence-electron chi connectivity index (χ3n) is 3.57. The average Bonchev–Trinajstić information content (AvgIpc) is 2.62. The van der Waals surface area contributed by atoms with Crippen LogP contribution in [0.15, 0.2) is 11.4 Å². The van der Waals surface area contributed by atoms with Gasteiger partial charge in [-0.2, -0.15) is 0 Å². The van der Waals surface area contributed by atoms with E-state index in [0.717, 1.165) is 34.6 Å². The van der Waals surface area contributed by atoms with Gasteiger partial charge in [-0.1, -0.05) is 25.4 Å². The quantitative estimate of drug-likeness (QED) is 0.828. The minimum Gasteiger partial charge on any atom is -0.387 e. The molecule has 1 heterocycles. The van der Waals surface area contributed by atoms with Crippen LogP contribution in [0.5, 0.6) is 0 Å². The van der Waals surface area contributed by atoms with Crippen molar-refractivity contribution in [3.05, 3.63) is 21.3 Å². The number of hydrogen-bond donors (Lipinski definition) is 1. The van der Waals surface area contributed by atoms with Crippen LogP contribution in [0.1, 0.15) is 44.1 Å². The smallest absolute Gasteiger partial charge is 0.0925 e. The van der Waals surface area contributed by atoms with Gasteiger partial charge in [0.25, 0.3) is 0 Å². The molecule has 1 aromatic rings.